The minimum absolute atomic E-state index is 0.180. The third kappa shape index (κ3) is 5.13. The summed E-state index contributed by atoms with van der Waals surface area (Å²) in [7, 11) is -2.51. The first-order valence-electron chi connectivity index (χ1n) is 13.0. The van der Waals surface area contributed by atoms with Crippen molar-refractivity contribution in [2.45, 2.75) is 19.3 Å². The Morgan fingerprint density at radius 1 is 0.912 bits per heavy atom. The predicted octanol–water partition coefficient (Wildman–Crippen LogP) is 6.94. The van der Waals surface area contributed by atoms with Crippen LogP contribution in [0, 0.1) is 0 Å². The van der Waals surface area contributed by atoms with E-state index in [-0.39, 0.29) is 11.5 Å². The van der Waals surface area contributed by atoms with Gasteiger partial charge in [-0.05, 0) is 98.2 Å². The zero-order valence-corrected chi connectivity index (χ0v) is 19.6. The number of benzene rings is 3. The zero-order valence-electron chi connectivity index (χ0n) is 21.8. The first kappa shape index (κ1) is 19.1. The van der Waals surface area contributed by atoms with Crippen molar-refractivity contribution in [3.63, 3.8) is 0 Å². The highest BCUT2D eigenvalue weighted by Gasteiger charge is 2.17. The molecule has 0 atom stereocenters. The molecule has 2 heterocycles. The predicted molar refractivity (Wildman–Crippen MR) is 138 cm³/mol. The second-order valence-corrected chi connectivity index (χ2v) is 9.44. The highest BCUT2D eigenvalue weighted by atomic mass is 32.1. The molecule has 1 fully saturated rings. The monoisotopic (exact) mass is 478 g/mol. The van der Waals surface area contributed by atoms with Gasteiger partial charge in [0.2, 0.25) is 0 Å². The molecule has 0 amide bonds. The van der Waals surface area contributed by atoms with E-state index in [9.17, 15) is 5.11 Å². The number of nitrogens with zero attached hydrogens (tertiary/aromatic N) is 1. The maximum absolute atomic E-state index is 10.00. The van der Waals surface area contributed by atoms with Gasteiger partial charge in [0, 0.05) is 16.6 Å². The molecule has 0 bridgehead atoms. The van der Waals surface area contributed by atoms with Crippen LogP contribution in [-0.2, 0) is 0 Å². The van der Waals surface area contributed by atoms with Gasteiger partial charge in [-0.2, -0.15) is 0 Å². The highest BCUT2D eigenvalue weighted by molar-refractivity contribution is 7.22. The molecule has 1 aliphatic heterocycles. The molecule has 1 aliphatic rings. The second kappa shape index (κ2) is 10.4. The maximum Gasteiger partial charge on any atom is 0.153 e. The standard InChI is InChI=1S/C28H29NO4S/c1-31-22-8-5-20(6-9-22)28-27(25-14-7-21(30)19-26(25)34-28)33-24-12-10-23(11-13-24)32-18-17-29-15-3-2-4-16-29/h5-14,19,30H,2-4,15-18H2,1H3/i1D3. The van der Waals surface area contributed by atoms with Crippen molar-refractivity contribution >= 4 is 21.4 Å². The van der Waals surface area contributed by atoms with Gasteiger partial charge in [-0.15, -0.1) is 11.3 Å². The van der Waals surface area contributed by atoms with Gasteiger partial charge >= 0.3 is 0 Å². The minimum Gasteiger partial charge on any atom is -0.508 e. The summed E-state index contributed by atoms with van der Waals surface area (Å²) in [4.78, 5) is 3.31. The molecule has 3 aromatic carbocycles. The summed E-state index contributed by atoms with van der Waals surface area (Å²) < 4.78 is 40.1. The van der Waals surface area contributed by atoms with E-state index in [2.05, 4.69) is 4.90 Å². The molecule has 1 aromatic heterocycles. The van der Waals surface area contributed by atoms with Crippen LogP contribution in [0.25, 0.3) is 20.5 Å². The van der Waals surface area contributed by atoms with Crippen molar-refractivity contribution in [1.82, 2.24) is 4.90 Å². The average molecular weight is 479 g/mol. The first-order valence-corrected chi connectivity index (χ1v) is 12.3. The van der Waals surface area contributed by atoms with E-state index < -0.39 is 7.04 Å². The van der Waals surface area contributed by atoms with Crippen LogP contribution in [0.5, 0.6) is 28.7 Å². The van der Waals surface area contributed by atoms with Crippen LogP contribution >= 0.6 is 11.3 Å². The third-order valence-corrected chi connectivity index (χ3v) is 7.21. The van der Waals surface area contributed by atoms with Gasteiger partial charge in [0.1, 0.15) is 29.6 Å². The number of piperidine rings is 1. The van der Waals surface area contributed by atoms with E-state index >= 15 is 0 Å². The van der Waals surface area contributed by atoms with Crippen molar-refractivity contribution < 1.29 is 23.4 Å². The van der Waals surface area contributed by atoms with Crippen LogP contribution in [0.4, 0.5) is 0 Å². The van der Waals surface area contributed by atoms with Crippen LogP contribution in [0.15, 0.2) is 66.7 Å². The number of thiophene rings is 1. The molecular weight excluding hydrogens is 446 g/mol. The van der Waals surface area contributed by atoms with Crippen molar-refractivity contribution in [2.24, 2.45) is 0 Å². The SMILES string of the molecule is [2H]C([2H])([2H])Oc1ccc(-c2sc3cc(O)ccc3c2Oc2ccc(OCCN3CCCCC3)cc2)cc1. The number of phenolic OH excluding ortho intramolecular Hbond substituents is 1. The number of hydrogen-bond acceptors (Lipinski definition) is 6. The van der Waals surface area contributed by atoms with E-state index in [1.807, 2.05) is 30.3 Å². The summed E-state index contributed by atoms with van der Waals surface area (Å²) in [5.41, 5.74) is 0.853. The molecule has 5 nitrogen and oxygen atoms in total. The van der Waals surface area contributed by atoms with E-state index in [4.69, 9.17) is 18.3 Å². The van der Waals surface area contributed by atoms with Crippen molar-refractivity contribution in [2.75, 3.05) is 33.3 Å². The number of phenols is 1. The van der Waals surface area contributed by atoms with E-state index in [0.29, 0.717) is 18.1 Å². The van der Waals surface area contributed by atoms with Crippen LogP contribution in [0.1, 0.15) is 23.4 Å². The second-order valence-electron chi connectivity index (χ2n) is 8.39. The van der Waals surface area contributed by atoms with Gasteiger partial charge in [-0.25, -0.2) is 0 Å². The molecule has 176 valence electrons. The smallest absolute Gasteiger partial charge is 0.153 e. The lowest BCUT2D eigenvalue weighted by Gasteiger charge is -2.26. The van der Waals surface area contributed by atoms with Crippen LogP contribution < -0.4 is 14.2 Å². The number of methoxy groups -OCH3 is 1. The minimum atomic E-state index is -2.51. The lowest BCUT2D eigenvalue weighted by Crippen LogP contribution is -2.33. The molecule has 0 aliphatic carbocycles. The molecular formula is C28H29NO4S. The Balaban J connectivity index is 1.34. The van der Waals surface area contributed by atoms with Gasteiger partial charge in [0.25, 0.3) is 0 Å². The maximum atomic E-state index is 10.00. The van der Waals surface area contributed by atoms with Crippen LogP contribution in [-0.4, -0.2) is 43.3 Å². The molecule has 34 heavy (non-hydrogen) atoms. The highest BCUT2D eigenvalue weighted by Crippen LogP contribution is 2.47. The summed E-state index contributed by atoms with van der Waals surface area (Å²) in [6.45, 7) is 3.90. The fraction of sp³-hybridized carbons (Fsp3) is 0.286. The Hall–Kier alpha value is -3.22. The number of likely N-dealkylation sites (tertiary alicyclic amines) is 1. The molecule has 0 spiro atoms. The Bertz CT molecular complexity index is 1330. The van der Waals surface area contributed by atoms with Gasteiger partial charge in [0.15, 0.2) is 5.75 Å². The Labute approximate surface area is 208 Å². The van der Waals surface area contributed by atoms with Gasteiger partial charge < -0.3 is 19.3 Å². The van der Waals surface area contributed by atoms with Crippen LogP contribution in [0.3, 0.4) is 0 Å². The topological polar surface area (TPSA) is 51.2 Å². The molecule has 0 unspecified atom stereocenters. The molecule has 0 saturated carbocycles. The average Bonchev–Trinajstić information content (AvgIpc) is 3.22. The van der Waals surface area contributed by atoms with Crippen molar-refractivity contribution in [3.05, 3.63) is 66.7 Å². The summed E-state index contributed by atoms with van der Waals surface area (Å²) in [5, 5.41) is 10.9. The van der Waals surface area contributed by atoms with E-state index in [1.165, 1.54) is 30.6 Å². The zero-order chi connectivity index (χ0) is 25.8. The Kier molecular flexibility index (Phi) is 5.83. The third-order valence-electron chi connectivity index (χ3n) is 6.03. The molecule has 1 saturated heterocycles. The molecule has 6 heteroatoms. The molecule has 0 radical (unpaired) electrons. The lowest BCUT2D eigenvalue weighted by atomic mass is 10.1. The summed E-state index contributed by atoms with van der Waals surface area (Å²) in [5.74, 6) is 2.58. The number of fused-ring (bicyclic) bond motifs is 1. The lowest BCUT2D eigenvalue weighted by molar-refractivity contribution is 0.183. The van der Waals surface area contributed by atoms with Gasteiger partial charge in [-0.1, -0.05) is 6.42 Å². The van der Waals surface area contributed by atoms with Gasteiger partial charge in [0.05, 0.1) is 16.0 Å². The van der Waals surface area contributed by atoms with Crippen molar-refractivity contribution in [1.29, 1.82) is 0 Å². The molecule has 4 aromatic rings. The quantitative estimate of drug-likeness (QED) is 0.297. The number of ether oxygens (including phenoxy) is 3. The number of aromatic hydroxyl groups is 1. The Morgan fingerprint density at radius 3 is 2.41 bits per heavy atom. The first-order chi connectivity index (χ1) is 17.8. The number of hydrogen-bond donors (Lipinski definition) is 1. The summed E-state index contributed by atoms with van der Waals surface area (Å²) >= 11 is 1.49. The molecule has 5 rings (SSSR count). The van der Waals surface area contributed by atoms with Crippen LogP contribution in [0.2, 0.25) is 0 Å². The van der Waals surface area contributed by atoms with Crippen molar-refractivity contribution in [3.8, 4) is 39.2 Å². The molecule has 1 N–H and O–H groups in total. The summed E-state index contributed by atoms with van der Waals surface area (Å²) in [6.07, 6.45) is 3.86. The van der Waals surface area contributed by atoms with E-state index in [1.54, 1.807) is 36.4 Å². The van der Waals surface area contributed by atoms with E-state index in [0.717, 1.165) is 45.9 Å². The summed E-state index contributed by atoms with van der Waals surface area (Å²) in [6, 6.07) is 19.6. The fourth-order valence-electron chi connectivity index (χ4n) is 4.22. The Morgan fingerprint density at radius 2 is 1.65 bits per heavy atom. The van der Waals surface area contributed by atoms with Gasteiger partial charge in [-0.3, -0.25) is 4.90 Å². The largest absolute Gasteiger partial charge is 0.508 e. The fourth-order valence-corrected chi connectivity index (χ4v) is 5.39. The number of rotatable bonds is 8. The normalized spacial score (nSPS) is 15.9.